The van der Waals surface area contributed by atoms with Gasteiger partial charge in [-0.2, -0.15) is 0 Å². The number of hydrogen-bond acceptors (Lipinski definition) is 3. The number of nitrogens with zero attached hydrogens (tertiary/aromatic N) is 2. The Morgan fingerprint density at radius 3 is 2.26 bits per heavy atom. The Morgan fingerprint density at radius 2 is 1.63 bits per heavy atom. The number of para-hydroxylation sites is 2. The first-order chi connectivity index (χ1) is 9.11. The van der Waals surface area contributed by atoms with E-state index in [4.69, 9.17) is 0 Å². The fourth-order valence-electron chi connectivity index (χ4n) is 1.60. The Labute approximate surface area is 108 Å². The summed E-state index contributed by atoms with van der Waals surface area (Å²) < 4.78 is 13.9. The van der Waals surface area contributed by atoms with Gasteiger partial charge in [-0.25, -0.2) is 0 Å². The molecule has 6 heteroatoms. The second-order valence-electron chi connectivity index (χ2n) is 3.70. The van der Waals surface area contributed by atoms with Crippen molar-refractivity contribution in [2.75, 3.05) is 5.12 Å². The molecule has 5 nitrogen and oxygen atoms in total. The van der Waals surface area contributed by atoms with E-state index in [-0.39, 0.29) is 16.4 Å². The minimum atomic E-state index is -1.07. The van der Waals surface area contributed by atoms with Crippen molar-refractivity contribution in [2.45, 2.75) is 0 Å². The molecule has 2 aromatic carbocycles. The number of amides is 1. The summed E-state index contributed by atoms with van der Waals surface area (Å²) >= 11 is 0. The van der Waals surface area contributed by atoms with Gasteiger partial charge in [0, 0.05) is 6.07 Å². The Kier molecular flexibility index (Phi) is 3.51. The number of carbonyl (C=O) groups is 1. The summed E-state index contributed by atoms with van der Waals surface area (Å²) in [4.78, 5) is 22.0. The SMILES string of the molecule is O=C(c1ccccc1[N+](=O)[O-])N(F)c1ccccc1. The second-order valence-corrected chi connectivity index (χ2v) is 3.70. The number of nitro groups is 1. The number of halogens is 1. The van der Waals surface area contributed by atoms with E-state index >= 15 is 0 Å². The zero-order chi connectivity index (χ0) is 13.8. The number of hydrogen-bond donors (Lipinski definition) is 0. The highest BCUT2D eigenvalue weighted by molar-refractivity contribution is 6.07. The standard InChI is InChI=1S/C13H9FN2O3/c14-15(10-6-2-1-3-7-10)13(17)11-8-4-5-9-12(11)16(18)19/h1-9H. The van der Waals surface area contributed by atoms with Crippen LogP contribution in [0, 0.1) is 10.1 Å². The molecule has 0 atom stereocenters. The molecule has 0 radical (unpaired) electrons. The Bertz CT molecular complexity index is 616. The van der Waals surface area contributed by atoms with Gasteiger partial charge in [-0.15, -0.1) is 5.12 Å². The molecular weight excluding hydrogens is 251 g/mol. The van der Waals surface area contributed by atoms with Crippen molar-refractivity contribution in [3.63, 3.8) is 0 Å². The van der Waals surface area contributed by atoms with Gasteiger partial charge in [0.25, 0.3) is 11.6 Å². The van der Waals surface area contributed by atoms with E-state index in [1.54, 1.807) is 18.2 Å². The number of nitro benzene ring substituents is 1. The number of benzene rings is 2. The van der Waals surface area contributed by atoms with Gasteiger partial charge in [-0.05, 0) is 18.2 Å². The maximum atomic E-state index is 13.9. The van der Waals surface area contributed by atoms with Crippen LogP contribution in [0.15, 0.2) is 54.6 Å². The van der Waals surface area contributed by atoms with Gasteiger partial charge >= 0.3 is 0 Å². The quantitative estimate of drug-likeness (QED) is 0.484. The van der Waals surface area contributed by atoms with E-state index in [9.17, 15) is 19.4 Å². The van der Waals surface area contributed by atoms with Crippen molar-refractivity contribution in [3.05, 3.63) is 70.3 Å². The van der Waals surface area contributed by atoms with Crippen molar-refractivity contribution in [3.8, 4) is 0 Å². The van der Waals surface area contributed by atoms with Gasteiger partial charge in [0.15, 0.2) is 0 Å². The summed E-state index contributed by atoms with van der Waals surface area (Å²) in [5.74, 6) is -1.07. The van der Waals surface area contributed by atoms with Crippen LogP contribution in [0.5, 0.6) is 0 Å². The lowest BCUT2D eigenvalue weighted by atomic mass is 10.1. The van der Waals surface area contributed by atoms with Gasteiger partial charge in [0.2, 0.25) is 0 Å². The zero-order valence-electron chi connectivity index (χ0n) is 9.69. The van der Waals surface area contributed by atoms with Crippen molar-refractivity contribution >= 4 is 17.3 Å². The summed E-state index contributed by atoms with van der Waals surface area (Å²) in [5, 5.41) is 10.7. The van der Waals surface area contributed by atoms with Gasteiger partial charge in [-0.1, -0.05) is 34.8 Å². The van der Waals surface area contributed by atoms with Crippen molar-refractivity contribution in [1.82, 2.24) is 0 Å². The Morgan fingerprint density at radius 1 is 1.05 bits per heavy atom. The fraction of sp³-hybridized carbons (Fsp3) is 0. The van der Waals surface area contributed by atoms with Crippen LogP contribution < -0.4 is 5.12 Å². The molecule has 0 aliphatic rings. The summed E-state index contributed by atoms with van der Waals surface area (Å²) in [6.45, 7) is 0. The third kappa shape index (κ3) is 2.57. The van der Waals surface area contributed by atoms with E-state index in [1.807, 2.05) is 0 Å². The molecule has 96 valence electrons. The van der Waals surface area contributed by atoms with Crippen LogP contribution >= 0.6 is 0 Å². The minimum absolute atomic E-state index is 0.0191. The normalized spacial score (nSPS) is 9.95. The van der Waals surface area contributed by atoms with Gasteiger partial charge in [0.1, 0.15) is 5.56 Å². The molecule has 2 aromatic rings. The lowest BCUT2D eigenvalue weighted by molar-refractivity contribution is -0.385. The van der Waals surface area contributed by atoms with Gasteiger partial charge < -0.3 is 0 Å². The lowest BCUT2D eigenvalue weighted by Gasteiger charge is -2.11. The fourth-order valence-corrected chi connectivity index (χ4v) is 1.60. The molecule has 0 unspecified atom stereocenters. The first-order valence-electron chi connectivity index (χ1n) is 5.40. The molecule has 0 heterocycles. The largest absolute Gasteiger partial charge is 0.293 e. The van der Waals surface area contributed by atoms with Gasteiger partial charge in [0.05, 0.1) is 10.6 Å². The number of anilines is 1. The molecule has 0 spiro atoms. The van der Waals surface area contributed by atoms with E-state index in [1.165, 1.54) is 30.3 Å². The average Bonchev–Trinajstić information content (AvgIpc) is 2.46. The first-order valence-corrected chi connectivity index (χ1v) is 5.40. The predicted molar refractivity (Wildman–Crippen MR) is 67.5 cm³/mol. The van der Waals surface area contributed by atoms with Crippen LogP contribution in [0.3, 0.4) is 0 Å². The third-order valence-electron chi connectivity index (χ3n) is 2.49. The maximum absolute atomic E-state index is 13.9. The molecule has 2 rings (SSSR count). The van der Waals surface area contributed by atoms with Crippen LogP contribution in [-0.4, -0.2) is 10.8 Å². The predicted octanol–water partition coefficient (Wildman–Crippen LogP) is 3.13. The molecule has 0 aliphatic heterocycles. The topological polar surface area (TPSA) is 63.4 Å². The first kappa shape index (κ1) is 12.7. The smallest absolute Gasteiger partial charge is 0.266 e. The molecule has 0 N–H and O–H groups in total. The van der Waals surface area contributed by atoms with Crippen LogP contribution in [0.4, 0.5) is 15.9 Å². The highest BCUT2D eigenvalue weighted by Crippen LogP contribution is 2.23. The second kappa shape index (κ2) is 5.26. The monoisotopic (exact) mass is 260 g/mol. The molecule has 0 saturated heterocycles. The summed E-state index contributed by atoms with van der Waals surface area (Å²) in [6, 6.07) is 12.8. The molecular formula is C13H9FN2O3. The Balaban J connectivity index is 2.38. The van der Waals surface area contributed by atoms with E-state index < -0.39 is 16.5 Å². The molecule has 0 fully saturated rings. The van der Waals surface area contributed by atoms with Crippen LogP contribution in [0.2, 0.25) is 0 Å². The van der Waals surface area contributed by atoms with Crippen LogP contribution in [0.1, 0.15) is 10.4 Å². The van der Waals surface area contributed by atoms with Crippen molar-refractivity contribution < 1.29 is 14.2 Å². The summed E-state index contributed by atoms with van der Waals surface area (Å²) in [7, 11) is 0. The molecule has 1 amide bonds. The Hall–Kier alpha value is -2.76. The number of rotatable bonds is 3. The zero-order valence-corrected chi connectivity index (χ0v) is 9.69. The van der Waals surface area contributed by atoms with E-state index in [2.05, 4.69) is 0 Å². The lowest BCUT2D eigenvalue weighted by Crippen LogP contribution is -2.22. The van der Waals surface area contributed by atoms with Crippen molar-refractivity contribution in [2.24, 2.45) is 0 Å². The summed E-state index contributed by atoms with van der Waals surface area (Å²) in [5.41, 5.74) is -0.699. The summed E-state index contributed by atoms with van der Waals surface area (Å²) in [6.07, 6.45) is 0. The molecule has 19 heavy (non-hydrogen) atoms. The van der Waals surface area contributed by atoms with Crippen molar-refractivity contribution in [1.29, 1.82) is 0 Å². The molecule has 0 aromatic heterocycles. The van der Waals surface area contributed by atoms with E-state index in [0.29, 0.717) is 0 Å². The van der Waals surface area contributed by atoms with E-state index in [0.717, 1.165) is 6.07 Å². The number of carbonyl (C=O) groups excluding carboxylic acids is 1. The highest BCUT2D eigenvalue weighted by atomic mass is 19.2. The minimum Gasteiger partial charge on any atom is -0.266 e. The third-order valence-corrected chi connectivity index (χ3v) is 2.49. The van der Waals surface area contributed by atoms with Gasteiger partial charge in [-0.3, -0.25) is 14.9 Å². The van der Waals surface area contributed by atoms with Crippen LogP contribution in [0.25, 0.3) is 0 Å². The molecule has 0 aliphatic carbocycles. The molecule has 0 saturated carbocycles. The maximum Gasteiger partial charge on any atom is 0.293 e. The molecule has 0 bridgehead atoms. The van der Waals surface area contributed by atoms with Crippen LogP contribution in [-0.2, 0) is 0 Å². The highest BCUT2D eigenvalue weighted by Gasteiger charge is 2.25. The average molecular weight is 260 g/mol.